The van der Waals surface area contributed by atoms with Gasteiger partial charge in [-0.1, -0.05) is 12.8 Å². The summed E-state index contributed by atoms with van der Waals surface area (Å²) in [7, 11) is 0. The molecule has 2 N–H and O–H groups in total. The zero-order chi connectivity index (χ0) is 18.3. The lowest BCUT2D eigenvalue weighted by Gasteiger charge is -2.19. The van der Waals surface area contributed by atoms with Gasteiger partial charge < -0.3 is 10.6 Å². The van der Waals surface area contributed by atoms with E-state index in [0.717, 1.165) is 25.9 Å². The highest BCUT2D eigenvalue weighted by molar-refractivity contribution is 5.97. The van der Waals surface area contributed by atoms with Crippen LogP contribution in [-0.2, 0) is 9.59 Å². The maximum Gasteiger partial charge on any atom is 0.244 e. The molecule has 25 heavy (non-hydrogen) atoms. The molecule has 0 spiro atoms. The van der Waals surface area contributed by atoms with Crippen molar-refractivity contribution in [2.75, 3.05) is 30.3 Å². The van der Waals surface area contributed by atoms with Gasteiger partial charge in [-0.15, -0.1) is 0 Å². The molecule has 0 radical (unpaired) electrons. The van der Waals surface area contributed by atoms with Crippen molar-refractivity contribution in [3.05, 3.63) is 24.3 Å². The Kier molecular flexibility index (Phi) is 6.54. The minimum atomic E-state index is -1.08. The van der Waals surface area contributed by atoms with E-state index in [9.17, 15) is 9.59 Å². The van der Waals surface area contributed by atoms with Gasteiger partial charge in [-0.3, -0.25) is 14.5 Å². The number of carbonyl (C=O) groups is 2. The summed E-state index contributed by atoms with van der Waals surface area (Å²) in [6.07, 6.45) is 4.79. The lowest BCUT2D eigenvalue weighted by Crippen LogP contribution is -2.33. The van der Waals surface area contributed by atoms with Crippen LogP contribution in [0.25, 0.3) is 0 Å². The Morgan fingerprint density at radius 1 is 1.04 bits per heavy atom. The van der Waals surface area contributed by atoms with Crippen LogP contribution in [0.3, 0.4) is 0 Å². The van der Waals surface area contributed by atoms with E-state index in [0.29, 0.717) is 17.9 Å². The highest BCUT2D eigenvalue weighted by Gasteiger charge is 2.27. The second kappa shape index (κ2) is 8.63. The third kappa shape index (κ3) is 5.87. The van der Waals surface area contributed by atoms with E-state index < -0.39 is 5.41 Å². The molecule has 6 nitrogen and oxygen atoms in total. The van der Waals surface area contributed by atoms with Crippen molar-refractivity contribution in [2.45, 2.75) is 39.5 Å². The van der Waals surface area contributed by atoms with Crippen LogP contribution in [0.4, 0.5) is 11.4 Å². The molecule has 0 atom stereocenters. The average molecular weight is 342 g/mol. The lowest BCUT2D eigenvalue weighted by atomic mass is 9.94. The molecule has 2 amide bonds. The fraction of sp³-hybridized carbons (Fsp3) is 0.526. The van der Waals surface area contributed by atoms with Gasteiger partial charge in [0.2, 0.25) is 11.8 Å². The first-order chi connectivity index (χ1) is 11.9. The highest BCUT2D eigenvalue weighted by atomic mass is 16.2. The fourth-order valence-electron chi connectivity index (χ4n) is 2.67. The molecule has 1 saturated heterocycles. The third-order valence-electron chi connectivity index (χ3n) is 4.34. The quantitative estimate of drug-likeness (QED) is 0.861. The molecule has 1 heterocycles. The Morgan fingerprint density at radius 2 is 1.56 bits per heavy atom. The van der Waals surface area contributed by atoms with Crippen LogP contribution in [-0.4, -0.2) is 36.3 Å². The summed E-state index contributed by atoms with van der Waals surface area (Å²) in [5.74, 6) is -0.378. The van der Waals surface area contributed by atoms with Crippen molar-refractivity contribution in [3.8, 4) is 6.07 Å². The van der Waals surface area contributed by atoms with Gasteiger partial charge in [0.05, 0.1) is 12.6 Å². The molecule has 134 valence electrons. The molecule has 2 rings (SSSR count). The summed E-state index contributed by atoms with van der Waals surface area (Å²) in [5, 5.41) is 14.6. The minimum absolute atomic E-state index is 0.0238. The maximum atomic E-state index is 12.2. The number of hydrogen-bond donors (Lipinski definition) is 2. The van der Waals surface area contributed by atoms with Gasteiger partial charge >= 0.3 is 0 Å². The summed E-state index contributed by atoms with van der Waals surface area (Å²) in [6, 6.07) is 8.89. The molecule has 1 aromatic carbocycles. The van der Waals surface area contributed by atoms with Crippen LogP contribution in [0.15, 0.2) is 24.3 Å². The van der Waals surface area contributed by atoms with Crippen molar-refractivity contribution in [2.24, 2.45) is 5.41 Å². The molecule has 1 aliphatic heterocycles. The van der Waals surface area contributed by atoms with Crippen molar-refractivity contribution < 1.29 is 9.59 Å². The number of nitriles is 1. The SMILES string of the molecule is CC(C)(C#N)C(=O)Nc1ccc(NC(=O)CN2CCCCCC2)cc1. The van der Waals surface area contributed by atoms with Gasteiger partial charge in [0.1, 0.15) is 5.41 Å². The summed E-state index contributed by atoms with van der Waals surface area (Å²) in [4.78, 5) is 26.3. The van der Waals surface area contributed by atoms with Gasteiger partial charge in [-0.25, -0.2) is 0 Å². The van der Waals surface area contributed by atoms with E-state index >= 15 is 0 Å². The highest BCUT2D eigenvalue weighted by Crippen LogP contribution is 2.19. The molecule has 1 aliphatic rings. The lowest BCUT2D eigenvalue weighted by molar-refractivity contribution is -0.121. The summed E-state index contributed by atoms with van der Waals surface area (Å²) < 4.78 is 0. The standard InChI is InChI=1S/C19H26N4O2/c1-19(2,14-20)18(25)22-16-9-7-15(8-10-16)21-17(24)13-23-11-5-3-4-6-12-23/h7-10H,3-6,11-13H2,1-2H3,(H,21,24)(H,22,25). The smallest absolute Gasteiger partial charge is 0.244 e. The first-order valence-electron chi connectivity index (χ1n) is 8.76. The number of hydrogen-bond acceptors (Lipinski definition) is 4. The van der Waals surface area contributed by atoms with Gasteiger partial charge in [-0.05, 0) is 64.0 Å². The molecular weight excluding hydrogens is 316 g/mol. The molecule has 0 saturated carbocycles. The van der Waals surface area contributed by atoms with Crippen LogP contribution in [0.2, 0.25) is 0 Å². The van der Waals surface area contributed by atoms with Gasteiger partial charge in [-0.2, -0.15) is 5.26 Å². The zero-order valence-electron chi connectivity index (χ0n) is 15.0. The van der Waals surface area contributed by atoms with Crippen molar-refractivity contribution in [1.29, 1.82) is 5.26 Å². The predicted octanol–water partition coefficient (Wildman–Crippen LogP) is 2.99. The molecule has 6 heteroatoms. The Morgan fingerprint density at radius 3 is 2.08 bits per heavy atom. The van der Waals surface area contributed by atoms with Gasteiger partial charge in [0.25, 0.3) is 0 Å². The largest absolute Gasteiger partial charge is 0.325 e. The summed E-state index contributed by atoms with van der Waals surface area (Å²) in [6.45, 7) is 5.51. The van der Waals surface area contributed by atoms with E-state index in [2.05, 4.69) is 15.5 Å². The van der Waals surface area contributed by atoms with E-state index in [1.165, 1.54) is 12.8 Å². The normalized spacial score (nSPS) is 15.7. The Balaban J connectivity index is 1.86. The first-order valence-corrected chi connectivity index (χ1v) is 8.76. The van der Waals surface area contributed by atoms with E-state index in [4.69, 9.17) is 5.26 Å². The predicted molar refractivity (Wildman–Crippen MR) is 98.0 cm³/mol. The van der Waals surface area contributed by atoms with Crippen LogP contribution in [0.5, 0.6) is 0 Å². The Hall–Kier alpha value is -2.39. The number of anilines is 2. The molecule has 1 fully saturated rings. The molecule has 0 aromatic heterocycles. The molecule has 0 aliphatic carbocycles. The Bertz CT molecular complexity index is 638. The number of benzene rings is 1. The molecular formula is C19H26N4O2. The number of rotatable bonds is 5. The van der Waals surface area contributed by atoms with Crippen molar-refractivity contribution >= 4 is 23.2 Å². The molecule has 1 aromatic rings. The van der Waals surface area contributed by atoms with Crippen LogP contribution >= 0.6 is 0 Å². The average Bonchev–Trinajstić information content (AvgIpc) is 2.85. The van der Waals surface area contributed by atoms with E-state index in [1.807, 2.05) is 6.07 Å². The van der Waals surface area contributed by atoms with Crippen LogP contribution in [0.1, 0.15) is 39.5 Å². The van der Waals surface area contributed by atoms with Crippen molar-refractivity contribution in [3.63, 3.8) is 0 Å². The third-order valence-corrected chi connectivity index (χ3v) is 4.34. The van der Waals surface area contributed by atoms with Crippen molar-refractivity contribution in [1.82, 2.24) is 4.90 Å². The summed E-state index contributed by atoms with van der Waals surface area (Å²) in [5.41, 5.74) is 0.205. The number of amides is 2. The van der Waals surface area contributed by atoms with E-state index in [-0.39, 0.29) is 11.8 Å². The Labute approximate surface area is 149 Å². The topological polar surface area (TPSA) is 85.2 Å². The number of carbonyl (C=O) groups excluding carboxylic acids is 2. The maximum absolute atomic E-state index is 12.2. The van der Waals surface area contributed by atoms with Gasteiger partial charge in [0.15, 0.2) is 0 Å². The number of likely N-dealkylation sites (tertiary alicyclic amines) is 1. The minimum Gasteiger partial charge on any atom is -0.325 e. The van der Waals surface area contributed by atoms with Crippen LogP contribution < -0.4 is 10.6 Å². The second-order valence-corrected chi connectivity index (χ2v) is 7.01. The number of nitrogens with one attached hydrogen (secondary N) is 2. The van der Waals surface area contributed by atoms with Gasteiger partial charge in [0, 0.05) is 11.4 Å². The monoisotopic (exact) mass is 342 g/mol. The summed E-state index contributed by atoms with van der Waals surface area (Å²) >= 11 is 0. The second-order valence-electron chi connectivity index (χ2n) is 7.01. The van der Waals surface area contributed by atoms with Crippen LogP contribution in [0, 0.1) is 16.7 Å². The van der Waals surface area contributed by atoms with E-state index in [1.54, 1.807) is 38.1 Å². The fourth-order valence-corrected chi connectivity index (χ4v) is 2.67. The zero-order valence-corrected chi connectivity index (χ0v) is 15.0. The molecule has 0 bridgehead atoms. The molecule has 0 unspecified atom stereocenters. The first kappa shape index (κ1) is 18.9. The number of nitrogens with zero attached hydrogens (tertiary/aromatic N) is 2.